The Hall–Kier alpha value is -9.29. The number of fused-ring (bicyclic) bond motifs is 7. The minimum Gasteiger partial charge on any atom is -0.361 e. The molecule has 0 fully saturated rings. The van der Waals surface area contributed by atoms with Gasteiger partial charge in [-0.1, -0.05) is 72.8 Å². The van der Waals surface area contributed by atoms with Crippen molar-refractivity contribution in [2.75, 3.05) is 0 Å². The van der Waals surface area contributed by atoms with Gasteiger partial charge in [-0.05, 0) is 101 Å². The van der Waals surface area contributed by atoms with Crippen LogP contribution >= 0.6 is 0 Å². The van der Waals surface area contributed by atoms with Crippen molar-refractivity contribution < 1.29 is 0 Å². The van der Waals surface area contributed by atoms with Crippen molar-refractivity contribution in [1.82, 2.24) is 59.1 Å². The minimum atomic E-state index is 0.887. The first-order valence-corrected chi connectivity index (χ1v) is 20.8. The third-order valence-electron chi connectivity index (χ3n) is 9.68. The normalized spacial score (nSPS) is 10.2. The molecule has 11 heterocycles. The summed E-state index contributed by atoms with van der Waals surface area (Å²) < 4.78 is 3.56. The number of aromatic nitrogens is 12. The topological polar surface area (TPSA) is 146 Å². The maximum atomic E-state index is 4.18. The van der Waals surface area contributed by atoms with Crippen LogP contribution in [0, 0.1) is 0 Å². The van der Waals surface area contributed by atoms with Crippen molar-refractivity contribution in [2.45, 2.75) is 0 Å². The second kappa shape index (κ2) is 22.5. The summed E-state index contributed by atoms with van der Waals surface area (Å²) in [7, 11) is 0. The van der Waals surface area contributed by atoms with Crippen LogP contribution in [0.3, 0.4) is 0 Å². The zero-order chi connectivity index (χ0) is 44.1. The first-order valence-electron chi connectivity index (χ1n) is 20.8. The summed E-state index contributed by atoms with van der Waals surface area (Å²) in [6, 6.07) is 54.1. The SMILES string of the molecule is c1cc2[nH]ccc2cn1.c1ccc2[nH]ccc2c1.c1ccc2cnccc2c1.c1ccc2ncccc2c1.c1ccn2nccc2c1.c1cnc2[nH]ccc2c1.c1cnc2ccnn2c1. The van der Waals surface area contributed by atoms with Crippen molar-refractivity contribution in [3.8, 4) is 0 Å². The van der Waals surface area contributed by atoms with Gasteiger partial charge in [-0.3, -0.25) is 15.0 Å². The van der Waals surface area contributed by atoms with Gasteiger partial charge in [-0.15, -0.1) is 0 Å². The van der Waals surface area contributed by atoms with Crippen molar-refractivity contribution >= 4 is 65.7 Å². The van der Waals surface area contributed by atoms with Gasteiger partial charge in [0.2, 0.25) is 0 Å². The van der Waals surface area contributed by atoms with E-state index in [2.05, 4.69) is 92.5 Å². The minimum absolute atomic E-state index is 0.887. The molecule has 0 saturated carbocycles. The molecule has 0 aliphatic rings. The summed E-state index contributed by atoms with van der Waals surface area (Å²) in [5, 5.41) is 15.3. The molecule has 11 aromatic heterocycles. The highest BCUT2D eigenvalue weighted by Gasteiger charge is 1.92. The molecule has 0 bridgehead atoms. The van der Waals surface area contributed by atoms with Crippen molar-refractivity contribution in [2.24, 2.45) is 0 Å². The van der Waals surface area contributed by atoms with Gasteiger partial charge in [0.05, 0.1) is 17.2 Å². The first kappa shape index (κ1) is 42.4. The average Bonchev–Trinajstić information content (AvgIpc) is 4.26. The number of nitrogens with zero attached hydrogens (tertiary/aromatic N) is 9. The number of nitrogens with one attached hydrogen (secondary N) is 3. The van der Waals surface area contributed by atoms with E-state index in [1.165, 1.54) is 27.1 Å². The number of para-hydroxylation sites is 2. The molecule has 0 radical (unpaired) electrons. The lowest BCUT2D eigenvalue weighted by molar-refractivity contribution is 0.939. The van der Waals surface area contributed by atoms with Crippen LogP contribution in [0.4, 0.5) is 0 Å². The quantitative estimate of drug-likeness (QED) is 0.138. The Morgan fingerprint density at radius 1 is 0.338 bits per heavy atom. The van der Waals surface area contributed by atoms with E-state index in [1.807, 2.05) is 182 Å². The molecular weight excluding hydrogens is 805 g/mol. The molecule has 3 N–H and O–H groups in total. The Bertz CT molecular complexity index is 2830. The molecule has 14 aromatic rings. The lowest BCUT2D eigenvalue weighted by atomic mass is 10.2. The summed E-state index contributed by atoms with van der Waals surface area (Å²) in [4.78, 5) is 29.5. The summed E-state index contributed by atoms with van der Waals surface area (Å²) >= 11 is 0. The molecule has 12 heteroatoms. The molecule has 0 aliphatic carbocycles. The fraction of sp³-hybridized carbons (Fsp3) is 0. The maximum absolute atomic E-state index is 4.18. The predicted molar refractivity (Wildman–Crippen MR) is 262 cm³/mol. The van der Waals surface area contributed by atoms with Crippen LogP contribution in [-0.2, 0) is 0 Å². The van der Waals surface area contributed by atoms with Gasteiger partial charge in [-0.25, -0.2) is 19.0 Å². The molecular formula is C53H44N12. The van der Waals surface area contributed by atoms with E-state index in [1.54, 1.807) is 35.5 Å². The average molecular weight is 849 g/mol. The van der Waals surface area contributed by atoms with Gasteiger partial charge in [0.15, 0.2) is 5.65 Å². The fourth-order valence-electron chi connectivity index (χ4n) is 6.44. The van der Waals surface area contributed by atoms with Crippen LogP contribution in [0.1, 0.15) is 0 Å². The molecule has 65 heavy (non-hydrogen) atoms. The van der Waals surface area contributed by atoms with Crippen LogP contribution in [0.5, 0.6) is 0 Å². The van der Waals surface area contributed by atoms with E-state index in [9.17, 15) is 0 Å². The number of hydrogen-bond acceptors (Lipinski definition) is 7. The number of pyridine rings is 5. The third kappa shape index (κ3) is 12.2. The summed E-state index contributed by atoms with van der Waals surface area (Å²) in [6.07, 6.45) is 25.7. The van der Waals surface area contributed by atoms with E-state index < -0.39 is 0 Å². The molecule has 0 atom stereocenters. The number of hydrogen-bond donors (Lipinski definition) is 3. The molecule has 0 spiro atoms. The standard InChI is InChI=1S/2C9H7N.C8H7N.3C7H6N2.C6H5N3/c1-2-6-9-8(4-1)5-3-7-10-9;1-2-4-9-7-10-6-5-8(9)3-1;1-2-4-8-7(3-1)5-6-9-8;1-4-9-7-2-3-8-5-6(1)7;1-2-6-3-5-9-7(6)8-4-1;1-2-6-9-7(3-1)4-5-8-9;1-3-7-6-2-4-8-9(6)5-1/h2*1-7H;1-6,9H;1-5,9H;1-5H,(H,8,9);1-6H;1-5H. The number of rotatable bonds is 0. The second-order valence-corrected chi connectivity index (χ2v) is 14.0. The zero-order valence-electron chi connectivity index (χ0n) is 35.2. The van der Waals surface area contributed by atoms with Gasteiger partial charge in [0.1, 0.15) is 5.65 Å². The summed E-state index contributed by atoms with van der Waals surface area (Å²) in [6.45, 7) is 0. The van der Waals surface area contributed by atoms with Crippen LogP contribution in [0.2, 0.25) is 0 Å². The van der Waals surface area contributed by atoms with Gasteiger partial charge in [-0.2, -0.15) is 10.2 Å². The zero-order valence-corrected chi connectivity index (χ0v) is 35.2. The van der Waals surface area contributed by atoms with Crippen LogP contribution in [0.15, 0.2) is 251 Å². The molecule has 0 aliphatic heterocycles. The highest BCUT2D eigenvalue weighted by molar-refractivity contribution is 5.81. The fourth-order valence-corrected chi connectivity index (χ4v) is 6.44. The molecule has 3 aromatic carbocycles. The van der Waals surface area contributed by atoms with E-state index in [0.29, 0.717) is 0 Å². The Kier molecular flexibility index (Phi) is 14.7. The molecule has 316 valence electrons. The van der Waals surface area contributed by atoms with Crippen molar-refractivity contribution in [1.29, 1.82) is 0 Å². The number of benzene rings is 3. The van der Waals surface area contributed by atoms with E-state index >= 15 is 0 Å². The van der Waals surface area contributed by atoms with E-state index in [0.717, 1.165) is 38.6 Å². The second-order valence-electron chi connectivity index (χ2n) is 14.0. The maximum Gasteiger partial charge on any atom is 0.154 e. The Labute approximate surface area is 374 Å². The Morgan fingerprint density at radius 2 is 0.938 bits per heavy atom. The van der Waals surface area contributed by atoms with Crippen molar-refractivity contribution in [3.63, 3.8) is 0 Å². The lowest BCUT2D eigenvalue weighted by Gasteiger charge is -1.91. The van der Waals surface area contributed by atoms with Crippen LogP contribution in [-0.4, -0.2) is 59.1 Å². The van der Waals surface area contributed by atoms with E-state index in [-0.39, 0.29) is 0 Å². The number of aromatic amines is 3. The molecule has 0 amide bonds. The van der Waals surface area contributed by atoms with Gasteiger partial charge < -0.3 is 15.0 Å². The van der Waals surface area contributed by atoms with Crippen molar-refractivity contribution in [3.05, 3.63) is 251 Å². The molecule has 0 unspecified atom stereocenters. The largest absolute Gasteiger partial charge is 0.361 e. The summed E-state index contributed by atoms with van der Waals surface area (Å²) in [5.41, 5.74) is 6.39. The Morgan fingerprint density at radius 3 is 1.72 bits per heavy atom. The smallest absolute Gasteiger partial charge is 0.154 e. The first-order chi connectivity index (χ1) is 32.3. The molecule has 0 saturated heterocycles. The third-order valence-corrected chi connectivity index (χ3v) is 9.68. The highest BCUT2D eigenvalue weighted by atomic mass is 15.2. The van der Waals surface area contributed by atoms with Crippen LogP contribution in [0.25, 0.3) is 65.7 Å². The van der Waals surface area contributed by atoms with Gasteiger partial charge >= 0.3 is 0 Å². The predicted octanol–water partition coefficient (Wildman–Crippen LogP) is 11.8. The van der Waals surface area contributed by atoms with Gasteiger partial charge in [0.25, 0.3) is 0 Å². The lowest BCUT2D eigenvalue weighted by Crippen LogP contribution is -1.85. The Balaban J connectivity index is 0.000000103. The highest BCUT2D eigenvalue weighted by Crippen LogP contribution is 2.12. The summed E-state index contributed by atoms with van der Waals surface area (Å²) in [5.74, 6) is 0. The number of H-pyrrole nitrogens is 3. The molecule has 12 nitrogen and oxygen atoms in total. The van der Waals surface area contributed by atoms with Crippen LogP contribution < -0.4 is 0 Å². The molecule has 14 rings (SSSR count). The van der Waals surface area contributed by atoms with E-state index in [4.69, 9.17) is 0 Å². The van der Waals surface area contributed by atoms with Gasteiger partial charge in [0, 0.05) is 114 Å². The monoisotopic (exact) mass is 848 g/mol.